The lowest BCUT2D eigenvalue weighted by atomic mass is 9.93. The van der Waals surface area contributed by atoms with E-state index in [-0.39, 0.29) is 29.8 Å². The molecule has 2 aromatic rings. The Balaban J connectivity index is 1.66. The van der Waals surface area contributed by atoms with Crippen molar-refractivity contribution in [1.29, 1.82) is 0 Å². The molecule has 25 heavy (non-hydrogen) atoms. The third-order valence-corrected chi connectivity index (χ3v) is 5.19. The van der Waals surface area contributed by atoms with Gasteiger partial charge in [0.25, 0.3) is 0 Å². The lowest BCUT2D eigenvalue weighted by molar-refractivity contribution is -0.129. The summed E-state index contributed by atoms with van der Waals surface area (Å²) in [6.45, 7) is 6.09. The molecular weight excluding hydrogens is 338 g/mol. The molecule has 3 rings (SSSR count). The molecule has 1 fully saturated rings. The Hall–Kier alpha value is -2.22. The predicted octanol–water partition coefficient (Wildman–Crippen LogP) is 1.73. The van der Waals surface area contributed by atoms with Gasteiger partial charge in [-0.15, -0.1) is 0 Å². The van der Waals surface area contributed by atoms with E-state index in [0.717, 1.165) is 11.4 Å². The molecule has 7 nitrogen and oxygen atoms in total. The minimum absolute atomic E-state index is 0.0310. The Morgan fingerprint density at radius 2 is 2.32 bits per heavy atom. The molecule has 0 bridgehead atoms. The zero-order valence-corrected chi connectivity index (χ0v) is 15.5. The lowest BCUT2D eigenvalue weighted by Gasteiger charge is -2.33. The Morgan fingerprint density at radius 1 is 1.52 bits per heavy atom. The molecular formula is C17H23N5O2S. The van der Waals surface area contributed by atoms with Crippen molar-refractivity contribution in [3.63, 3.8) is 0 Å². The van der Waals surface area contributed by atoms with Crippen molar-refractivity contribution in [2.24, 2.45) is 5.92 Å². The molecule has 1 aliphatic rings. The first-order valence-corrected chi connectivity index (χ1v) is 9.38. The molecule has 0 aliphatic carbocycles. The quantitative estimate of drug-likeness (QED) is 0.849. The van der Waals surface area contributed by atoms with Gasteiger partial charge in [-0.1, -0.05) is 6.92 Å². The van der Waals surface area contributed by atoms with Gasteiger partial charge in [-0.3, -0.25) is 9.59 Å². The van der Waals surface area contributed by atoms with Crippen molar-refractivity contribution in [2.75, 3.05) is 0 Å². The van der Waals surface area contributed by atoms with Crippen LogP contribution < -0.4 is 10.6 Å². The highest BCUT2D eigenvalue weighted by Gasteiger charge is 2.32. The number of amides is 2. The molecule has 2 aromatic heterocycles. The fourth-order valence-electron chi connectivity index (χ4n) is 3.12. The van der Waals surface area contributed by atoms with Crippen molar-refractivity contribution in [2.45, 2.75) is 52.2 Å². The topological polar surface area (TPSA) is 88.9 Å². The minimum atomic E-state index is -0.236. The average molecular weight is 361 g/mol. The van der Waals surface area contributed by atoms with Gasteiger partial charge >= 0.3 is 0 Å². The SMILES string of the molecule is Cc1nc(C)n(CC(C)C(=O)N[C@@H]2CCC(=O)N[C@H]2c2ccsc2)n1. The summed E-state index contributed by atoms with van der Waals surface area (Å²) in [6.07, 6.45) is 1.08. The van der Waals surface area contributed by atoms with Crippen LogP contribution in [0.3, 0.4) is 0 Å². The van der Waals surface area contributed by atoms with E-state index >= 15 is 0 Å². The van der Waals surface area contributed by atoms with Crippen LogP contribution in [-0.2, 0) is 16.1 Å². The molecule has 2 amide bonds. The van der Waals surface area contributed by atoms with Gasteiger partial charge in [0.15, 0.2) is 0 Å². The minimum Gasteiger partial charge on any atom is -0.351 e. The summed E-state index contributed by atoms with van der Waals surface area (Å²) in [5.74, 6) is 1.27. The van der Waals surface area contributed by atoms with Gasteiger partial charge in [-0.05, 0) is 42.7 Å². The second kappa shape index (κ2) is 7.35. The van der Waals surface area contributed by atoms with Gasteiger partial charge in [-0.25, -0.2) is 9.67 Å². The number of hydrogen-bond acceptors (Lipinski definition) is 5. The Morgan fingerprint density at radius 3 is 2.96 bits per heavy atom. The molecule has 3 atom stereocenters. The van der Waals surface area contributed by atoms with Crippen molar-refractivity contribution in [3.05, 3.63) is 34.0 Å². The average Bonchev–Trinajstić information content (AvgIpc) is 3.19. The summed E-state index contributed by atoms with van der Waals surface area (Å²) in [5, 5.41) is 14.4. The number of aryl methyl sites for hydroxylation is 2. The van der Waals surface area contributed by atoms with E-state index in [4.69, 9.17) is 0 Å². The van der Waals surface area contributed by atoms with Crippen LogP contribution in [0.15, 0.2) is 16.8 Å². The van der Waals surface area contributed by atoms with Crippen molar-refractivity contribution in [1.82, 2.24) is 25.4 Å². The van der Waals surface area contributed by atoms with E-state index in [1.54, 1.807) is 16.0 Å². The van der Waals surface area contributed by atoms with Crippen molar-refractivity contribution < 1.29 is 9.59 Å². The lowest BCUT2D eigenvalue weighted by Crippen LogP contribution is -2.51. The maximum absolute atomic E-state index is 12.6. The van der Waals surface area contributed by atoms with E-state index in [1.165, 1.54) is 0 Å². The second-order valence-corrected chi connectivity index (χ2v) is 7.33. The molecule has 2 N–H and O–H groups in total. The summed E-state index contributed by atoms with van der Waals surface area (Å²) >= 11 is 1.58. The van der Waals surface area contributed by atoms with E-state index in [9.17, 15) is 9.59 Å². The molecule has 0 aromatic carbocycles. The number of aromatic nitrogens is 3. The molecule has 1 aliphatic heterocycles. The number of thiophene rings is 1. The maximum atomic E-state index is 12.6. The van der Waals surface area contributed by atoms with Gasteiger partial charge in [0, 0.05) is 6.42 Å². The standard InChI is InChI=1S/C17H23N5O2S/c1-10(8-22-12(3)18-11(2)21-22)17(24)19-14-4-5-15(23)20-16(14)13-6-7-25-9-13/h6-7,9-10,14,16H,4-5,8H2,1-3H3,(H,19,24)(H,20,23)/t10?,14-,16+/m1/s1. The zero-order chi connectivity index (χ0) is 18.0. The Kier molecular flexibility index (Phi) is 5.17. The third-order valence-electron chi connectivity index (χ3n) is 4.49. The smallest absolute Gasteiger partial charge is 0.225 e. The van der Waals surface area contributed by atoms with Gasteiger partial charge in [-0.2, -0.15) is 16.4 Å². The van der Waals surface area contributed by atoms with Crippen LogP contribution in [0.4, 0.5) is 0 Å². The van der Waals surface area contributed by atoms with Gasteiger partial charge < -0.3 is 10.6 Å². The van der Waals surface area contributed by atoms with E-state index in [0.29, 0.717) is 25.2 Å². The van der Waals surface area contributed by atoms with Crippen LogP contribution in [0.25, 0.3) is 0 Å². The van der Waals surface area contributed by atoms with Crippen LogP contribution in [0, 0.1) is 19.8 Å². The first-order valence-electron chi connectivity index (χ1n) is 8.44. The Bertz CT molecular complexity index is 755. The van der Waals surface area contributed by atoms with Crippen LogP contribution >= 0.6 is 11.3 Å². The molecule has 0 saturated carbocycles. The fraction of sp³-hybridized carbons (Fsp3) is 0.529. The number of carbonyl (C=O) groups is 2. The van der Waals surface area contributed by atoms with Crippen LogP contribution in [0.2, 0.25) is 0 Å². The maximum Gasteiger partial charge on any atom is 0.225 e. The number of nitrogens with one attached hydrogen (secondary N) is 2. The van der Waals surface area contributed by atoms with Gasteiger partial charge in [0.05, 0.1) is 24.5 Å². The Labute approximate surface area is 150 Å². The monoisotopic (exact) mass is 361 g/mol. The molecule has 8 heteroatoms. The van der Waals surface area contributed by atoms with E-state index in [1.807, 2.05) is 37.6 Å². The number of nitrogens with zero attached hydrogens (tertiary/aromatic N) is 3. The highest BCUT2D eigenvalue weighted by Crippen LogP contribution is 2.26. The fourth-order valence-corrected chi connectivity index (χ4v) is 3.82. The molecule has 1 unspecified atom stereocenters. The molecule has 1 saturated heterocycles. The summed E-state index contributed by atoms with van der Waals surface area (Å²) in [7, 11) is 0. The molecule has 0 radical (unpaired) electrons. The molecule has 0 spiro atoms. The second-order valence-electron chi connectivity index (χ2n) is 6.55. The number of hydrogen-bond donors (Lipinski definition) is 2. The number of piperidine rings is 1. The zero-order valence-electron chi connectivity index (χ0n) is 14.7. The highest BCUT2D eigenvalue weighted by atomic mass is 32.1. The third kappa shape index (κ3) is 4.07. The number of carbonyl (C=O) groups excluding carboxylic acids is 2. The molecule has 3 heterocycles. The van der Waals surface area contributed by atoms with Crippen LogP contribution in [0.1, 0.15) is 43.0 Å². The summed E-state index contributed by atoms with van der Waals surface area (Å²) in [6, 6.07) is 1.73. The first kappa shape index (κ1) is 17.6. The first-order chi connectivity index (χ1) is 11.9. The normalized spacial score (nSPS) is 21.6. The largest absolute Gasteiger partial charge is 0.351 e. The van der Waals surface area contributed by atoms with Gasteiger partial charge in [0.1, 0.15) is 11.6 Å². The van der Waals surface area contributed by atoms with E-state index < -0.39 is 0 Å². The summed E-state index contributed by atoms with van der Waals surface area (Å²) in [4.78, 5) is 28.7. The summed E-state index contributed by atoms with van der Waals surface area (Å²) < 4.78 is 1.76. The highest BCUT2D eigenvalue weighted by molar-refractivity contribution is 7.08. The van der Waals surface area contributed by atoms with Crippen molar-refractivity contribution in [3.8, 4) is 0 Å². The number of rotatable bonds is 5. The predicted molar refractivity (Wildman–Crippen MR) is 95.0 cm³/mol. The summed E-state index contributed by atoms with van der Waals surface area (Å²) in [5.41, 5.74) is 1.04. The molecule has 134 valence electrons. The van der Waals surface area contributed by atoms with Gasteiger partial charge in [0.2, 0.25) is 11.8 Å². The van der Waals surface area contributed by atoms with E-state index in [2.05, 4.69) is 20.7 Å². The van der Waals surface area contributed by atoms with Crippen molar-refractivity contribution >= 4 is 23.2 Å². The van der Waals surface area contributed by atoms with Crippen LogP contribution in [0.5, 0.6) is 0 Å². The van der Waals surface area contributed by atoms with Crippen LogP contribution in [-0.4, -0.2) is 32.6 Å².